The number of rotatable bonds is 5. The van der Waals surface area contributed by atoms with Gasteiger partial charge in [0.15, 0.2) is 4.80 Å². The summed E-state index contributed by atoms with van der Waals surface area (Å²) in [6.45, 7) is 3.04. The highest BCUT2D eigenvalue weighted by Crippen LogP contribution is 2.20. The van der Waals surface area contributed by atoms with Gasteiger partial charge in [-0.05, 0) is 32.6 Å². The Morgan fingerprint density at radius 2 is 1.76 bits per heavy atom. The van der Waals surface area contributed by atoms with Crippen molar-refractivity contribution in [2.75, 3.05) is 0 Å². The summed E-state index contributed by atoms with van der Waals surface area (Å²) < 4.78 is 2.24. The second-order valence-electron chi connectivity index (χ2n) is 7.61. The van der Waals surface area contributed by atoms with Crippen LogP contribution in [-0.4, -0.2) is 22.6 Å². The van der Waals surface area contributed by atoms with E-state index in [2.05, 4.69) is 22.2 Å². The third-order valence-electron chi connectivity index (χ3n) is 5.62. The molecule has 25 heavy (non-hydrogen) atoms. The van der Waals surface area contributed by atoms with E-state index in [1.54, 1.807) is 11.3 Å². The molecule has 0 radical (unpaired) electrons. The third-order valence-corrected chi connectivity index (χ3v) is 6.55. The molecular weight excluding hydrogens is 330 g/mol. The van der Waals surface area contributed by atoms with Gasteiger partial charge >= 0.3 is 0 Å². The number of amides is 1. The van der Waals surface area contributed by atoms with Gasteiger partial charge in [0.05, 0.1) is 12.5 Å². The van der Waals surface area contributed by atoms with Gasteiger partial charge in [0.2, 0.25) is 5.91 Å². The molecule has 4 nitrogen and oxygen atoms in total. The minimum Gasteiger partial charge on any atom is -0.353 e. The van der Waals surface area contributed by atoms with Crippen molar-refractivity contribution in [1.82, 2.24) is 9.88 Å². The first-order chi connectivity index (χ1) is 12.3. The second-order valence-corrected chi connectivity index (χ2v) is 8.44. The lowest BCUT2D eigenvalue weighted by molar-refractivity contribution is -0.121. The first-order valence-electron chi connectivity index (χ1n) is 10.3. The first kappa shape index (κ1) is 18.7. The van der Waals surface area contributed by atoms with Crippen LogP contribution in [0.15, 0.2) is 10.4 Å². The van der Waals surface area contributed by atoms with E-state index >= 15 is 0 Å². The number of carbonyl (C=O) groups excluding carboxylic acids is 1. The largest absolute Gasteiger partial charge is 0.353 e. The van der Waals surface area contributed by atoms with E-state index in [4.69, 9.17) is 4.99 Å². The molecule has 0 spiro atoms. The van der Waals surface area contributed by atoms with Gasteiger partial charge in [-0.2, -0.15) is 0 Å². The molecule has 1 heterocycles. The van der Waals surface area contributed by atoms with E-state index in [0.29, 0.717) is 18.5 Å². The van der Waals surface area contributed by atoms with Crippen molar-refractivity contribution in [1.29, 1.82) is 0 Å². The van der Waals surface area contributed by atoms with Crippen molar-refractivity contribution in [2.45, 2.75) is 103 Å². The average molecular weight is 364 g/mol. The lowest BCUT2D eigenvalue weighted by atomic mass is 9.96. The average Bonchev–Trinajstić information content (AvgIpc) is 2.81. The molecule has 1 aromatic heterocycles. The van der Waals surface area contributed by atoms with Gasteiger partial charge in [-0.25, -0.2) is 0 Å². The van der Waals surface area contributed by atoms with E-state index < -0.39 is 0 Å². The molecule has 0 aliphatic heterocycles. The molecule has 140 valence electrons. The predicted octanol–water partition coefficient (Wildman–Crippen LogP) is 4.18. The number of nitrogens with one attached hydrogen (secondary N) is 1. The summed E-state index contributed by atoms with van der Waals surface area (Å²) in [5.41, 5.74) is 1.12. The zero-order chi connectivity index (χ0) is 17.5. The fraction of sp³-hybridized carbons (Fsp3) is 0.800. The molecule has 1 N–H and O–H groups in total. The van der Waals surface area contributed by atoms with Gasteiger partial charge < -0.3 is 9.88 Å². The number of thiazole rings is 1. The van der Waals surface area contributed by atoms with Gasteiger partial charge in [-0.1, -0.05) is 44.9 Å². The maximum absolute atomic E-state index is 12.5. The Morgan fingerprint density at radius 1 is 1.12 bits per heavy atom. The van der Waals surface area contributed by atoms with Gasteiger partial charge in [0.25, 0.3) is 0 Å². The van der Waals surface area contributed by atoms with Crippen LogP contribution >= 0.6 is 11.3 Å². The maximum atomic E-state index is 12.5. The summed E-state index contributed by atoms with van der Waals surface area (Å²) in [5.74, 6) is 0.177. The van der Waals surface area contributed by atoms with Crippen molar-refractivity contribution in [3.05, 3.63) is 15.9 Å². The Kier molecular flexibility index (Phi) is 7.14. The highest BCUT2D eigenvalue weighted by molar-refractivity contribution is 7.07. The highest BCUT2D eigenvalue weighted by atomic mass is 32.1. The van der Waals surface area contributed by atoms with Crippen LogP contribution in [0.3, 0.4) is 0 Å². The summed E-state index contributed by atoms with van der Waals surface area (Å²) in [6.07, 6.45) is 14.3. The van der Waals surface area contributed by atoms with Gasteiger partial charge in [0.1, 0.15) is 0 Å². The molecule has 0 atom stereocenters. The molecule has 3 rings (SSSR count). The van der Waals surface area contributed by atoms with Crippen LogP contribution in [0.25, 0.3) is 0 Å². The number of nitrogens with zero attached hydrogens (tertiary/aromatic N) is 2. The first-order valence-corrected chi connectivity index (χ1v) is 11.1. The van der Waals surface area contributed by atoms with E-state index in [9.17, 15) is 4.79 Å². The Labute approximate surface area is 155 Å². The molecule has 2 fully saturated rings. The summed E-state index contributed by atoms with van der Waals surface area (Å²) >= 11 is 1.70. The molecule has 0 aromatic carbocycles. The summed E-state index contributed by atoms with van der Waals surface area (Å²) in [5, 5.41) is 5.41. The molecule has 1 amide bonds. The lowest BCUT2D eigenvalue weighted by Gasteiger charge is -2.17. The molecule has 0 unspecified atom stereocenters. The summed E-state index contributed by atoms with van der Waals surface area (Å²) in [7, 11) is 0. The topological polar surface area (TPSA) is 46.4 Å². The van der Waals surface area contributed by atoms with Crippen LogP contribution < -0.4 is 10.1 Å². The van der Waals surface area contributed by atoms with Crippen molar-refractivity contribution in [2.24, 2.45) is 4.99 Å². The van der Waals surface area contributed by atoms with Crippen LogP contribution in [0.4, 0.5) is 0 Å². The molecule has 2 aliphatic carbocycles. The number of carbonyl (C=O) groups is 1. The normalized spacial score (nSPS) is 21.2. The van der Waals surface area contributed by atoms with Crippen molar-refractivity contribution >= 4 is 17.2 Å². The number of hydrogen-bond acceptors (Lipinski definition) is 3. The number of aromatic nitrogens is 1. The quantitative estimate of drug-likeness (QED) is 0.784. The number of hydrogen-bond donors (Lipinski definition) is 1. The zero-order valence-corrected chi connectivity index (χ0v) is 16.5. The Hall–Kier alpha value is -1.10. The molecule has 2 saturated carbocycles. The van der Waals surface area contributed by atoms with Crippen LogP contribution in [0, 0.1) is 0 Å². The minimum atomic E-state index is 0.177. The smallest absolute Gasteiger partial charge is 0.226 e. The molecule has 0 bridgehead atoms. The highest BCUT2D eigenvalue weighted by Gasteiger charge is 2.17. The van der Waals surface area contributed by atoms with Gasteiger partial charge in [-0.15, -0.1) is 11.3 Å². The Bertz CT molecular complexity index is 605. The van der Waals surface area contributed by atoms with Crippen LogP contribution in [-0.2, 0) is 17.8 Å². The molecule has 2 aliphatic rings. The standard InChI is InChI=1S/C20H33N3OS/c1-2-23-18(14-19(24)21-16-10-6-3-4-7-11-16)15-25-20(23)22-17-12-8-5-9-13-17/h15-17H,2-14H2,1H3,(H,21,24). The minimum absolute atomic E-state index is 0.177. The van der Waals surface area contributed by atoms with E-state index in [-0.39, 0.29) is 5.91 Å². The lowest BCUT2D eigenvalue weighted by Crippen LogP contribution is -2.36. The third kappa shape index (κ3) is 5.44. The van der Waals surface area contributed by atoms with Crippen molar-refractivity contribution < 1.29 is 4.79 Å². The summed E-state index contributed by atoms with van der Waals surface area (Å²) in [4.78, 5) is 18.6. The van der Waals surface area contributed by atoms with Crippen LogP contribution in [0.2, 0.25) is 0 Å². The molecular formula is C20H33N3OS. The van der Waals surface area contributed by atoms with E-state index in [0.717, 1.165) is 29.9 Å². The monoisotopic (exact) mass is 363 g/mol. The zero-order valence-electron chi connectivity index (χ0n) is 15.6. The van der Waals surface area contributed by atoms with Crippen molar-refractivity contribution in [3.8, 4) is 0 Å². The van der Waals surface area contributed by atoms with Crippen molar-refractivity contribution in [3.63, 3.8) is 0 Å². The Balaban J connectivity index is 1.63. The molecule has 1 aromatic rings. The predicted molar refractivity (Wildman–Crippen MR) is 104 cm³/mol. The maximum Gasteiger partial charge on any atom is 0.226 e. The summed E-state index contributed by atoms with van der Waals surface area (Å²) in [6, 6.07) is 0.868. The molecule has 0 saturated heterocycles. The van der Waals surface area contributed by atoms with Gasteiger partial charge in [0, 0.05) is 23.7 Å². The van der Waals surface area contributed by atoms with Gasteiger partial charge in [-0.3, -0.25) is 9.79 Å². The fourth-order valence-corrected chi connectivity index (χ4v) is 5.22. The molecule has 5 heteroatoms. The SMILES string of the molecule is CCn1c(CC(=O)NC2CCCCCC2)csc1=NC1CCCCC1. The van der Waals surface area contributed by atoms with E-state index in [1.165, 1.54) is 57.8 Å². The fourth-order valence-electron chi connectivity index (χ4n) is 4.18. The second kappa shape index (κ2) is 9.56. The van der Waals surface area contributed by atoms with Crippen LogP contribution in [0.5, 0.6) is 0 Å². The Morgan fingerprint density at radius 3 is 2.44 bits per heavy atom. The van der Waals surface area contributed by atoms with E-state index in [1.807, 2.05) is 0 Å². The van der Waals surface area contributed by atoms with Crippen LogP contribution in [0.1, 0.15) is 83.2 Å².